The summed E-state index contributed by atoms with van der Waals surface area (Å²) >= 11 is 2.69. The van der Waals surface area contributed by atoms with Crippen molar-refractivity contribution in [2.75, 3.05) is 7.11 Å². The summed E-state index contributed by atoms with van der Waals surface area (Å²) in [6.45, 7) is 0. The number of hydrogen-bond acceptors (Lipinski definition) is 2. The van der Waals surface area contributed by atoms with Crippen molar-refractivity contribution in [3.8, 4) is 5.75 Å². The minimum Gasteiger partial charge on any atom is -0.496 e. The van der Waals surface area contributed by atoms with Crippen molar-refractivity contribution in [3.63, 3.8) is 0 Å². The molecule has 2 nitrogen and oxygen atoms in total. The van der Waals surface area contributed by atoms with Crippen molar-refractivity contribution in [1.29, 1.82) is 0 Å². The van der Waals surface area contributed by atoms with Crippen molar-refractivity contribution in [2.45, 2.75) is 12.6 Å². The van der Waals surface area contributed by atoms with Crippen LogP contribution in [0.3, 0.4) is 0 Å². The molecule has 16 heavy (non-hydrogen) atoms. The number of methoxy groups -OCH3 is 1. The van der Waals surface area contributed by atoms with Gasteiger partial charge in [-0.15, -0.1) is 0 Å². The highest BCUT2D eigenvalue weighted by Gasteiger charge is 2.40. The first-order chi connectivity index (χ1) is 7.27. The topological polar surface area (TPSA) is 22.1 Å². The molecule has 1 rings (SSSR count). The Bertz CT molecular complexity index is 393. The molecule has 1 aromatic rings. The molecule has 0 N–H and O–H groups in total. The second-order valence-electron chi connectivity index (χ2n) is 2.71. The van der Waals surface area contributed by atoms with E-state index in [0.29, 0.717) is 0 Å². The van der Waals surface area contributed by atoms with E-state index in [9.17, 15) is 22.0 Å². The molecule has 0 aromatic carbocycles. The van der Waals surface area contributed by atoms with E-state index in [0.717, 1.165) is 13.2 Å². The minimum atomic E-state index is -4.96. The lowest BCUT2D eigenvalue weighted by atomic mass is 10.1. The summed E-state index contributed by atoms with van der Waals surface area (Å²) in [5.74, 6) is -0.552. The quantitative estimate of drug-likeness (QED) is 0.612. The Kier molecular flexibility index (Phi) is 3.72. The SMILES string of the molecule is COc1cc(Br)nc(C(F)(F)F)c1C(F)F. The van der Waals surface area contributed by atoms with Gasteiger partial charge in [-0.1, -0.05) is 0 Å². The van der Waals surface area contributed by atoms with Gasteiger partial charge in [-0.3, -0.25) is 0 Å². The van der Waals surface area contributed by atoms with E-state index in [1.54, 1.807) is 0 Å². The lowest BCUT2D eigenvalue weighted by Crippen LogP contribution is -2.13. The number of ether oxygens (including phenoxy) is 1. The van der Waals surface area contributed by atoms with Gasteiger partial charge in [0.1, 0.15) is 10.4 Å². The Balaban J connectivity index is 3.51. The summed E-state index contributed by atoms with van der Waals surface area (Å²) in [5, 5.41) is 0. The molecular formula is C8H5BrF5NO. The summed E-state index contributed by atoms with van der Waals surface area (Å²) in [4.78, 5) is 3.01. The fourth-order valence-electron chi connectivity index (χ4n) is 1.10. The van der Waals surface area contributed by atoms with Gasteiger partial charge >= 0.3 is 6.18 Å². The molecule has 8 heteroatoms. The van der Waals surface area contributed by atoms with Crippen LogP contribution in [0.2, 0.25) is 0 Å². The highest BCUT2D eigenvalue weighted by molar-refractivity contribution is 9.10. The van der Waals surface area contributed by atoms with Crippen LogP contribution < -0.4 is 4.74 Å². The Hall–Kier alpha value is -0.920. The van der Waals surface area contributed by atoms with Gasteiger partial charge < -0.3 is 4.74 Å². The molecule has 1 heterocycles. The van der Waals surface area contributed by atoms with Crippen LogP contribution in [0.5, 0.6) is 5.75 Å². The molecule has 0 aliphatic carbocycles. The van der Waals surface area contributed by atoms with E-state index >= 15 is 0 Å². The van der Waals surface area contributed by atoms with Crippen LogP contribution in [0.15, 0.2) is 10.7 Å². The lowest BCUT2D eigenvalue weighted by molar-refractivity contribution is -0.143. The van der Waals surface area contributed by atoms with E-state index in [1.165, 1.54) is 0 Å². The van der Waals surface area contributed by atoms with Crippen LogP contribution in [-0.4, -0.2) is 12.1 Å². The number of pyridine rings is 1. The fraction of sp³-hybridized carbons (Fsp3) is 0.375. The molecule has 0 aliphatic rings. The molecule has 0 atom stereocenters. The zero-order valence-corrected chi connectivity index (χ0v) is 9.36. The average Bonchev–Trinajstić information content (AvgIpc) is 2.14. The third-order valence-electron chi connectivity index (χ3n) is 1.70. The standard InChI is InChI=1S/C8H5BrF5NO/c1-16-3-2-4(9)15-6(8(12,13)14)5(3)7(10)11/h2,7H,1H3. The predicted octanol–water partition coefficient (Wildman–Crippen LogP) is 3.81. The van der Waals surface area contributed by atoms with Gasteiger partial charge in [0.05, 0.1) is 12.7 Å². The molecule has 0 unspecified atom stereocenters. The van der Waals surface area contributed by atoms with Crippen molar-refractivity contribution in [3.05, 3.63) is 21.9 Å². The molecule has 90 valence electrons. The summed E-state index contributed by atoms with van der Waals surface area (Å²) in [7, 11) is 1.01. The normalized spacial score (nSPS) is 12.0. The molecule has 1 aromatic heterocycles. The maximum absolute atomic E-state index is 12.5. The van der Waals surface area contributed by atoms with E-state index in [4.69, 9.17) is 0 Å². The van der Waals surface area contributed by atoms with Gasteiger partial charge in [-0.25, -0.2) is 13.8 Å². The third kappa shape index (κ3) is 2.60. The first kappa shape index (κ1) is 13.1. The molecule has 0 fully saturated rings. The van der Waals surface area contributed by atoms with E-state index in [1.807, 2.05) is 0 Å². The van der Waals surface area contributed by atoms with Crippen LogP contribution in [0.1, 0.15) is 17.7 Å². The number of rotatable bonds is 2. The minimum absolute atomic E-state index is 0.221. The zero-order chi connectivity index (χ0) is 12.5. The highest BCUT2D eigenvalue weighted by atomic mass is 79.9. The monoisotopic (exact) mass is 305 g/mol. The van der Waals surface area contributed by atoms with Gasteiger partial charge in [-0.05, 0) is 15.9 Å². The second kappa shape index (κ2) is 4.52. The molecule has 0 saturated heterocycles. The summed E-state index contributed by atoms with van der Waals surface area (Å²) in [6.07, 6.45) is -8.27. The van der Waals surface area contributed by atoms with E-state index < -0.39 is 29.6 Å². The molecule has 0 aliphatic heterocycles. The summed E-state index contributed by atoms with van der Waals surface area (Å²) in [5.41, 5.74) is -2.90. The number of aromatic nitrogens is 1. The average molecular weight is 306 g/mol. The highest BCUT2D eigenvalue weighted by Crippen LogP contribution is 2.40. The van der Waals surface area contributed by atoms with Crippen LogP contribution in [0.4, 0.5) is 22.0 Å². The van der Waals surface area contributed by atoms with Crippen LogP contribution >= 0.6 is 15.9 Å². The summed E-state index contributed by atoms with van der Waals surface area (Å²) < 4.78 is 66.6. The molecule has 0 radical (unpaired) electrons. The second-order valence-corrected chi connectivity index (χ2v) is 3.52. The van der Waals surface area contributed by atoms with Crippen molar-refractivity contribution >= 4 is 15.9 Å². The van der Waals surface area contributed by atoms with Gasteiger partial charge in [0.15, 0.2) is 5.69 Å². The Morgan fingerprint density at radius 2 is 1.94 bits per heavy atom. The number of hydrogen-bond donors (Lipinski definition) is 0. The maximum atomic E-state index is 12.5. The first-order valence-corrected chi connectivity index (χ1v) is 4.66. The number of alkyl halides is 5. The molecule has 0 saturated carbocycles. The Labute approximate surface area is 95.6 Å². The van der Waals surface area contributed by atoms with E-state index in [-0.39, 0.29) is 4.60 Å². The zero-order valence-electron chi connectivity index (χ0n) is 7.78. The van der Waals surface area contributed by atoms with Crippen LogP contribution in [0, 0.1) is 0 Å². The number of halogens is 6. The van der Waals surface area contributed by atoms with Gasteiger partial charge in [0.2, 0.25) is 0 Å². The Morgan fingerprint density at radius 3 is 2.31 bits per heavy atom. The first-order valence-electron chi connectivity index (χ1n) is 3.87. The van der Waals surface area contributed by atoms with E-state index in [2.05, 4.69) is 25.7 Å². The number of nitrogens with zero attached hydrogens (tertiary/aromatic N) is 1. The predicted molar refractivity (Wildman–Crippen MR) is 48.4 cm³/mol. The van der Waals surface area contributed by atoms with Crippen molar-refractivity contribution in [2.24, 2.45) is 0 Å². The van der Waals surface area contributed by atoms with Crippen molar-refractivity contribution in [1.82, 2.24) is 4.98 Å². The molecule has 0 spiro atoms. The molecule has 0 amide bonds. The maximum Gasteiger partial charge on any atom is 0.434 e. The van der Waals surface area contributed by atoms with Gasteiger partial charge in [0, 0.05) is 6.07 Å². The smallest absolute Gasteiger partial charge is 0.434 e. The van der Waals surface area contributed by atoms with Crippen molar-refractivity contribution < 1.29 is 26.7 Å². The van der Waals surface area contributed by atoms with Crippen LogP contribution in [-0.2, 0) is 6.18 Å². The Morgan fingerprint density at radius 1 is 1.38 bits per heavy atom. The summed E-state index contributed by atoms with van der Waals surface area (Å²) in [6, 6.07) is 0.955. The molecular weight excluding hydrogens is 301 g/mol. The van der Waals surface area contributed by atoms with Gasteiger partial charge in [-0.2, -0.15) is 13.2 Å². The van der Waals surface area contributed by atoms with Gasteiger partial charge in [0.25, 0.3) is 6.43 Å². The fourth-order valence-corrected chi connectivity index (χ4v) is 1.48. The lowest BCUT2D eigenvalue weighted by Gasteiger charge is -2.14. The van der Waals surface area contributed by atoms with Crippen LogP contribution in [0.25, 0.3) is 0 Å². The largest absolute Gasteiger partial charge is 0.496 e. The third-order valence-corrected chi connectivity index (χ3v) is 2.10. The molecule has 0 bridgehead atoms.